The van der Waals surface area contributed by atoms with Gasteiger partial charge in [-0.25, -0.2) is 22.5 Å². The summed E-state index contributed by atoms with van der Waals surface area (Å²) < 4.78 is 86.5. The molecule has 0 radical (unpaired) electrons. The summed E-state index contributed by atoms with van der Waals surface area (Å²) in [5.74, 6) is -10.9. The van der Waals surface area contributed by atoms with Crippen LogP contribution in [0, 0.1) is 34.9 Å². The Labute approximate surface area is 165 Å². The summed E-state index contributed by atoms with van der Waals surface area (Å²) in [4.78, 5) is 7.56. The van der Waals surface area contributed by atoms with Crippen molar-refractivity contribution in [3.63, 3.8) is 0 Å². The Balaban J connectivity index is 1.99. The Bertz CT molecular complexity index is 1100. The largest absolute Gasteiger partial charge is 0.432 e. The third kappa shape index (κ3) is 4.35. The number of nitrogens with one attached hydrogen (secondary N) is 1. The molecule has 0 aliphatic rings. The second kappa shape index (κ2) is 8.82. The first-order chi connectivity index (χ1) is 14.3. The van der Waals surface area contributed by atoms with E-state index in [0.717, 1.165) is 24.4 Å². The lowest BCUT2D eigenvalue weighted by molar-refractivity contribution is 0.234. The minimum absolute atomic E-state index is 0.00651. The molecular formula is C19H11F6N3O2. The van der Waals surface area contributed by atoms with Crippen LogP contribution in [0.5, 0.6) is 11.6 Å². The Kier molecular flexibility index (Phi) is 6.21. The molecule has 0 spiro atoms. The lowest BCUT2D eigenvalue weighted by Gasteiger charge is -2.13. The van der Waals surface area contributed by atoms with Gasteiger partial charge in [0.2, 0.25) is 23.3 Å². The highest BCUT2D eigenvalue weighted by molar-refractivity contribution is 6.00. The second-order valence-corrected chi connectivity index (χ2v) is 5.77. The molecule has 3 rings (SSSR count). The summed E-state index contributed by atoms with van der Waals surface area (Å²) in [7, 11) is 0. The summed E-state index contributed by atoms with van der Waals surface area (Å²) in [5, 5.41) is 9.37. The fraction of sp³-hybridized carbons (Fsp3) is 0.0526. The quantitative estimate of drug-likeness (QED) is 0.205. The number of pyridine rings is 1. The SMILES string of the molecule is ONC(=NCc1cc(F)ccc1F)c1cccnc1Oc1c(F)c(F)cc(F)c1F. The maximum atomic E-state index is 13.9. The first-order valence-electron chi connectivity index (χ1n) is 8.16. The summed E-state index contributed by atoms with van der Waals surface area (Å²) >= 11 is 0. The number of aromatic nitrogens is 1. The van der Waals surface area contributed by atoms with Gasteiger partial charge < -0.3 is 4.74 Å². The molecule has 2 aromatic carbocycles. The minimum atomic E-state index is -1.80. The van der Waals surface area contributed by atoms with E-state index in [-0.39, 0.29) is 17.2 Å². The van der Waals surface area contributed by atoms with E-state index < -0.39 is 58.9 Å². The zero-order valence-electron chi connectivity index (χ0n) is 14.8. The molecule has 11 heteroatoms. The summed E-state index contributed by atoms with van der Waals surface area (Å²) in [6.45, 7) is -0.446. The van der Waals surface area contributed by atoms with Crippen molar-refractivity contribution in [2.24, 2.45) is 4.99 Å². The number of benzene rings is 2. The topological polar surface area (TPSA) is 66.7 Å². The number of aliphatic imine (C=N–C) groups is 1. The maximum Gasteiger partial charge on any atom is 0.230 e. The molecule has 0 saturated carbocycles. The smallest absolute Gasteiger partial charge is 0.230 e. The van der Waals surface area contributed by atoms with Crippen LogP contribution in [0.25, 0.3) is 0 Å². The number of nitrogens with zero attached hydrogens (tertiary/aromatic N) is 2. The number of amidine groups is 1. The standard InChI is InChI=1S/C19H11F6N3O2/c20-10-3-4-12(21)9(6-10)8-27-18(28-29)11-2-1-5-26-19(11)30-17-15(24)13(22)7-14(23)16(17)25/h1-7,29H,8H2,(H,27,28). The fourth-order valence-corrected chi connectivity index (χ4v) is 2.40. The van der Waals surface area contributed by atoms with Crippen LogP contribution in [0.3, 0.4) is 0 Å². The summed E-state index contributed by atoms with van der Waals surface area (Å²) in [6, 6.07) is 5.24. The molecule has 0 bridgehead atoms. The Morgan fingerprint density at radius 3 is 2.33 bits per heavy atom. The van der Waals surface area contributed by atoms with Gasteiger partial charge in [0.25, 0.3) is 0 Å². The minimum Gasteiger partial charge on any atom is -0.432 e. The molecule has 0 aliphatic heterocycles. The molecular weight excluding hydrogens is 416 g/mol. The van der Waals surface area contributed by atoms with Gasteiger partial charge in [0.15, 0.2) is 17.5 Å². The number of hydrogen-bond donors (Lipinski definition) is 2. The fourth-order valence-electron chi connectivity index (χ4n) is 2.40. The Hall–Kier alpha value is -3.60. The summed E-state index contributed by atoms with van der Waals surface area (Å²) in [6.07, 6.45) is 1.13. The number of halogens is 6. The van der Waals surface area contributed by atoms with Crippen LogP contribution >= 0.6 is 0 Å². The molecule has 3 aromatic rings. The predicted octanol–water partition coefficient (Wildman–Crippen LogP) is 4.63. The van der Waals surface area contributed by atoms with Gasteiger partial charge >= 0.3 is 0 Å². The van der Waals surface area contributed by atoms with Gasteiger partial charge in [-0.15, -0.1) is 0 Å². The van der Waals surface area contributed by atoms with Gasteiger partial charge in [-0.3, -0.25) is 15.7 Å². The van der Waals surface area contributed by atoms with Gasteiger partial charge in [0, 0.05) is 17.8 Å². The van der Waals surface area contributed by atoms with Crippen molar-refractivity contribution in [2.45, 2.75) is 6.54 Å². The molecule has 1 aromatic heterocycles. The highest BCUT2D eigenvalue weighted by Crippen LogP contribution is 2.31. The molecule has 0 fully saturated rings. The van der Waals surface area contributed by atoms with Crippen LogP contribution in [0.2, 0.25) is 0 Å². The third-order valence-electron chi connectivity index (χ3n) is 3.82. The van der Waals surface area contributed by atoms with E-state index >= 15 is 0 Å². The average molecular weight is 427 g/mol. The predicted molar refractivity (Wildman–Crippen MR) is 92.1 cm³/mol. The van der Waals surface area contributed by atoms with Crippen LogP contribution < -0.4 is 10.2 Å². The van der Waals surface area contributed by atoms with Crippen molar-refractivity contribution in [2.75, 3.05) is 0 Å². The molecule has 0 aliphatic carbocycles. The van der Waals surface area contributed by atoms with Crippen LogP contribution in [-0.2, 0) is 6.54 Å². The van der Waals surface area contributed by atoms with E-state index in [2.05, 4.69) is 9.98 Å². The van der Waals surface area contributed by atoms with Crippen LogP contribution in [0.4, 0.5) is 26.3 Å². The van der Waals surface area contributed by atoms with Gasteiger partial charge in [0.1, 0.15) is 11.6 Å². The summed E-state index contributed by atoms with van der Waals surface area (Å²) in [5.41, 5.74) is 1.33. The lowest BCUT2D eigenvalue weighted by Crippen LogP contribution is -2.22. The first kappa shape index (κ1) is 21.1. The highest BCUT2D eigenvalue weighted by Gasteiger charge is 2.23. The zero-order chi connectivity index (χ0) is 21.8. The van der Waals surface area contributed by atoms with Crippen molar-refractivity contribution in [3.05, 3.63) is 88.6 Å². The molecule has 2 N–H and O–H groups in total. The van der Waals surface area contributed by atoms with E-state index in [0.29, 0.717) is 0 Å². The number of ether oxygens (including phenoxy) is 1. The number of rotatable bonds is 5. The highest BCUT2D eigenvalue weighted by atomic mass is 19.2. The molecule has 0 amide bonds. The van der Waals surface area contributed by atoms with Gasteiger partial charge in [-0.05, 0) is 30.3 Å². The molecule has 5 nitrogen and oxygen atoms in total. The Morgan fingerprint density at radius 2 is 1.67 bits per heavy atom. The van der Waals surface area contributed by atoms with Crippen molar-refractivity contribution in [1.29, 1.82) is 0 Å². The molecule has 0 saturated heterocycles. The molecule has 0 atom stereocenters. The number of hydrogen-bond acceptors (Lipinski definition) is 4. The van der Waals surface area contributed by atoms with Crippen LogP contribution in [-0.4, -0.2) is 16.0 Å². The van der Waals surface area contributed by atoms with Crippen LogP contribution in [0.15, 0.2) is 47.6 Å². The van der Waals surface area contributed by atoms with Crippen molar-refractivity contribution in [3.8, 4) is 11.6 Å². The Morgan fingerprint density at radius 1 is 0.967 bits per heavy atom. The second-order valence-electron chi connectivity index (χ2n) is 5.77. The maximum absolute atomic E-state index is 13.9. The zero-order valence-corrected chi connectivity index (χ0v) is 14.8. The third-order valence-corrected chi connectivity index (χ3v) is 3.82. The van der Waals surface area contributed by atoms with Crippen molar-refractivity contribution >= 4 is 5.84 Å². The average Bonchev–Trinajstić information content (AvgIpc) is 2.73. The number of hydroxylamine groups is 1. The lowest BCUT2D eigenvalue weighted by atomic mass is 10.2. The van der Waals surface area contributed by atoms with E-state index in [1.807, 2.05) is 0 Å². The van der Waals surface area contributed by atoms with Gasteiger partial charge in [0.05, 0.1) is 12.1 Å². The van der Waals surface area contributed by atoms with Gasteiger partial charge in [-0.1, -0.05) is 0 Å². The van der Waals surface area contributed by atoms with Crippen molar-refractivity contribution in [1.82, 2.24) is 10.5 Å². The first-order valence-corrected chi connectivity index (χ1v) is 8.16. The van der Waals surface area contributed by atoms with E-state index in [4.69, 9.17) is 4.74 Å². The van der Waals surface area contributed by atoms with E-state index in [9.17, 15) is 31.5 Å². The van der Waals surface area contributed by atoms with Crippen LogP contribution in [0.1, 0.15) is 11.1 Å². The van der Waals surface area contributed by atoms with E-state index in [1.165, 1.54) is 12.1 Å². The molecule has 156 valence electrons. The molecule has 1 heterocycles. The van der Waals surface area contributed by atoms with Crippen molar-refractivity contribution < 1.29 is 36.3 Å². The molecule has 0 unspecified atom stereocenters. The van der Waals surface area contributed by atoms with Gasteiger partial charge in [-0.2, -0.15) is 8.78 Å². The normalized spacial score (nSPS) is 11.5. The van der Waals surface area contributed by atoms with E-state index in [1.54, 1.807) is 5.48 Å². The molecule has 30 heavy (non-hydrogen) atoms. The monoisotopic (exact) mass is 427 g/mol.